The van der Waals surface area contributed by atoms with Crippen molar-refractivity contribution in [1.82, 2.24) is 5.32 Å². The van der Waals surface area contributed by atoms with E-state index in [2.05, 4.69) is 5.32 Å². The SMILES string of the molecule is CC[C@H](O)CCCNC(=O)CCCC1CCCCC1. The largest absolute Gasteiger partial charge is 0.393 e. The lowest BCUT2D eigenvalue weighted by Crippen LogP contribution is -2.25. The van der Waals surface area contributed by atoms with Crippen LogP contribution in [0.1, 0.15) is 77.6 Å². The standard InChI is InChI=1S/C16H31NO2/c1-2-15(18)11-7-13-17-16(19)12-6-10-14-8-4-3-5-9-14/h14-15,18H,2-13H2,1H3,(H,17,19)/t15-/m0/s1. The number of carbonyl (C=O) groups excluding carboxylic acids is 1. The summed E-state index contributed by atoms with van der Waals surface area (Å²) in [6.45, 7) is 2.69. The third-order valence-electron chi connectivity index (χ3n) is 4.25. The van der Waals surface area contributed by atoms with Crippen LogP contribution < -0.4 is 5.32 Å². The van der Waals surface area contributed by atoms with Gasteiger partial charge >= 0.3 is 0 Å². The molecule has 0 aromatic carbocycles. The van der Waals surface area contributed by atoms with E-state index in [1.807, 2.05) is 6.92 Å². The highest BCUT2D eigenvalue weighted by Crippen LogP contribution is 2.27. The van der Waals surface area contributed by atoms with Crippen LogP contribution in [0, 0.1) is 5.92 Å². The quantitative estimate of drug-likeness (QED) is 0.630. The molecule has 1 amide bonds. The zero-order valence-corrected chi connectivity index (χ0v) is 12.5. The van der Waals surface area contributed by atoms with E-state index in [1.54, 1.807) is 0 Å². The summed E-state index contributed by atoms with van der Waals surface area (Å²) in [5.74, 6) is 1.06. The molecule has 112 valence electrons. The third-order valence-corrected chi connectivity index (χ3v) is 4.25. The van der Waals surface area contributed by atoms with Crippen molar-refractivity contribution in [2.45, 2.75) is 83.7 Å². The number of rotatable bonds is 9. The van der Waals surface area contributed by atoms with Crippen LogP contribution in [0.4, 0.5) is 0 Å². The molecule has 1 atom stereocenters. The summed E-state index contributed by atoms with van der Waals surface area (Å²) in [6, 6.07) is 0. The van der Waals surface area contributed by atoms with Gasteiger partial charge in [-0.15, -0.1) is 0 Å². The van der Waals surface area contributed by atoms with Gasteiger partial charge in [-0.2, -0.15) is 0 Å². The van der Waals surface area contributed by atoms with Crippen molar-refractivity contribution in [1.29, 1.82) is 0 Å². The van der Waals surface area contributed by atoms with Crippen molar-refractivity contribution in [2.24, 2.45) is 5.92 Å². The summed E-state index contributed by atoms with van der Waals surface area (Å²) >= 11 is 0. The zero-order chi connectivity index (χ0) is 13.9. The number of carbonyl (C=O) groups is 1. The summed E-state index contributed by atoms with van der Waals surface area (Å²) in [5.41, 5.74) is 0. The average molecular weight is 269 g/mol. The Hall–Kier alpha value is -0.570. The number of aliphatic hydroxyl groups is 1. The molecule has 0 bridgehead atoms. The molecule has 0 radical (unpaired) electrons. The van der Waals surface area contributed by atoms with Crippen LogP contribution >= 0.6 is 0 Å². The van der Waals surface area contributed by atoms with Crippen LogP contribution in [0.3, 0.4) is 0 Å². The molecule has 0 heterocycles. The second-order valence-electron chi connectivity index (χ2n) is 5.95. The second kappa shape index (κ2) is 10.2. The predicted molar refractivity (Wildman–Crippen MR) is 79.0 cm³/mol. The molecule has 0 aromatic heterocycles. The third kappa shape index (κ3) is 8.25. The second-order valence-corrected chi connectivity index (χ2v) is 5.95. The Morgan fingerprint density at radius 3 is 2.68 bits per heavy atom. The Labute approximate surface area is 118 Å². The normalized spacial score (nSPS) is 18.2. The van der Waals surface area contributed by atoms with Crippen LogP contribution in [0.5, 0.6) is 0 Å². The molecule has 1 saturated carbocycles. The molecule has 1 aliphatic rings. The summed E-state index contributed by atoms with van der Waals surface area (Å²) in [4.78, 5) is 11.6. The Bertz CT molecular complexity index is 237. The average Bonchev–Trinajstić information content (AvgIpc) is 2.44. The summed E-state index contributed by atoms with van der Waals surface area (Å²) in [5, 5.41) is 12.3. The van der Waals surface area contributed by atoms with Gasteiger partial charge in [-0.05, 0) is 38.0 Å². The monoisotopic (exact) mass is 269 g/mol. The van der Waals surface area contributed by atoms with Gasteiger partial charge in [0.1, 0.15) is 0 Å². The van der Waals surface area contributed by atoms with Gasteiger partial charge in [0.25, 0.3) is 0 Å². The van der Waals surface area contributed by atoms with Crippen molar-refractivity contribution in [3.63, 3.8) is 0 Å². The Morgan fingerprint density at radius 1 is 1.26 bits per heavy atom. The van der Waals surface area contributed by atoms with E-state index in [9.17, 15) is 9.90 Å². The molecule has 3 nitrogen and oxygen atoms in total. The summed E-state index contributed by atoms with van der Waals surface area (Å²) in [7, 11) is 0. The topological polar surface area (TPSA) is 49.3 Å². The molecular weight excluding hydrogens is 238 g/mol. The van der Waals surface area contributed by atoms with Gasteiger partial charge in [-0.1, -0.05) is 39.0 Å². The van der Waals surface area contributed by atoms with Gasteiger partial charge in [-0.25, -0.2) is 0 Å². The first-order valence-corrected chi connectivity index (χ1v) is 8.17. The zero-order valence-electron chi connectivity index (χ0n) is 12.5. The van der Waals surface area contributed by atoms with Crippen LogP contribution in [-0.2, 0) is 4.79 Å². The summed E-state index contributed by atoms with van der Waals surface area (Å²) in [6.07, 6.45) is 12.1. The molecule has 19 heavy (non-hydrogen) atoms. The number of hydrogen-bond donors (Lipinski definition) is 2. The Morgan fingerprint density at radius 2 is 2.00 bits per heavy atom. The van der Waals surface area contributed by atoms with Gasteiger partial charge in [-0.3, -0.25) is 4.79 Å². The van der Waals surface area contributed by atoms with Crippen molar-refractivity contribution in [2.75, 3.05) is 6.54 Å². The molecule has 1 aliphatic carbocycles. The highest BCUT2D eigenvalue weighted by molar-refractivity contribution is 5.75. The molecule has 3 heteroatoms. The predicted octanol–water partition coefficient (Wildman–Crippen LogP) is 3.40. The first-order chi connectivity index (χ1) is 9.22. The fourth-order valence-electron chi connectivity index (χ4n) is 2.89. The molecular formula is C16H31NO2. The number of nitrogens with one attached hydrogen (secondary N) is 1. The van der Waals surface area contributed by atoms with Crippen molar-refractivity contribution in [3.05, 3.63) is 0 Å². The first kappa shape index (κ1) is 16.5. The summed E-state index contributed by atoms with van der Waals surface area (Å²) < 4.78 is 0. The molecule has 1 rings (SSSR count). The van der Waals surface area contributed by atoms with E-state index in [0.717, 1.165) is 31.6 Å². The fraction of sp³-hybridized carbons (Fsp3) is 0.938. The van der Waals surface area contributed by atoms with E-state index < -0.39 is 0 Å². The Kier molecular flexibility index (Phi) is 8.89. The minimum atomic E-state index is -0.205. The molecule has 0 unspecified atom stereocenters. The van der Waals surface area contributed by atoms with E-state index in [4.69, 9.17) is 0 Å². The molecule has 2 N–H and O–H groups in total. The van der Waals surface area contributed by atoms with E-state index in [-0.39, 0.29) is 12.0 Å². The van der Waals surface area contributed by atoms with E-state index in [1.165, 1.54) is 38.5 Å². The minimum Gasteiger partial charge on any atom is -0.393 e. The molecule has 0 aromatic rings. The van der Waals surface area contributed by atoms with Crippen LogP contribution in [0.15, 0.2) is 0 Å². The van der Waals surface area contributed by atoms with Crippen molar-refractivity contribution >= 4 is 5.91 Å². The molecule has 1 fully saturated rings. The maximum atomic E-state index is 11.6. The van der Waals surface area contributed by atoms with Crippen LogP contribution in [0.2, 0.25) is 0 Å². The fourth-order valence-corrected chi connectivity index (χ4v) is 2.89. The van der Waals surface area contributed by atoms with Gasteiger partial charge in [0.15, 0.2) is 0 Å². The molecule has 0 spiro atoms. The van der Waals surface area contributed by atoms with Crippen LogP contribution in [-0.4, -0.2) is 23.7 Å². The highest BCUT2D eigenvalue weighted by Gasteiger charge is 2.13. The maximum absolute atomic E-state index is 11.6. The van der Waals surface area contributed by atoms with Gasteiger partial charge < -0.3 is 10.4 Å². The molecule has 0 aliphatic heterocycles. The van der Waals surface area contributed by atoms with Gasteiger partial charge in [0.2, 0.25) is 5.91 Å². The van der Waals surface area contributed by atoms with E-state index >= 15 is 0 Å². The van der Waals surface area contributed by atoms with Gasteiger partial charge in [0.05, 0.1) is 6.10 Å². The lowest BCUT2D eigenvalue weighted by atomic mass is 9.86. The lowest BCUT2D eigenvalue weighted by Gasteiger charge is -2.21. The van der Waals surface area contributed by atoms with Gasteiger partial charge in [0, 0.05) is 13.0 Å². The van der Waals surface area contributed by atoms with Crippen molar-refractivity contribution < 1.29 is 9.90 Å². The maximum Gasteiger partial charge on any atom is 0.219 e. The number of aliphatic hydroxyl groups excluding tert-OH is 1. The lowest BCUT2D eigenvalue weighted by molar-refractivity contribution is -0.121. The van der Waals surface area contributed by atoms with Crippen LogP contribution in [0.25, 0.3) is 0 Å². The Balaban J connectivity index is 1.92. The molecule has 0 saturated heterocycles. The smallest absolute Gasteiger partial charge is 0.219 e. The highest BCUT2D eigenvalue weighted by atomic mass is 16.3. The van der Waals surface area contributed by atoms with E-state index in [0.29, 0.717) is 13.0 Å². The first-order valence-electron chi connectivity index (χ1n) is 8.17. The number of amides is 1. The van der Waals surface area contributed by atoms with Crippen molar-refractivity contribution in [3.8, 4) is 0 Å². The number of hydrogen-bond acceptors (Lipinski definition) is 2. The minimum absolute atomic E-state index is 0.182.